The first-order valence-corrected chi connectivity index (χ1v) is 9.20. The van der Waals surface area contributed by atoms with Gasteiger partial charge in [0.2, 0.25) is 0 Å². The van der Waals surface area contributed by atoms with Gasteiger partial charge < -0.3 is 20.0 Å². The molecule has 3 N–H and O–H groups in total. The van der Waals surface area contributed by atoms with Crippen molar-refractivity contribution in [2.24, 2.45) is 5.73 Å². The smallest absolute Gasteiger partial charge is 0.120 e. The van der Waals surface area contributed by atoms with Crippen molar-refractivity contribution in [1.82, 2.24) is 14.5 Å². The highest BCUT2D eigenvalue weighted by Gasteiger charge is 2.12. The molecule has 0 aliphatic rings. The van der Waals surface area contributed by atoms with Crippen molar-refractivity contribution in [3.8, 4) is 17.0 Å². The lowest BCUT2D eigenvalue weighted by Gasteiger charge is -2.10. The van der Waals surface area contributed by atoms with Crippen LogP contribution in [0.25, 0.3) is 22.2 Å². The number of aromatic nitrogens is 3. The van der Waals surface area contributed by atoms with Gasteiger partial charge in [0.15, 0.2) is 0 Å². The Labute approximate surface area is 166 Å². The first-order valence-electron chi connectivity index (χ1n) is 8.41. The summed E-state index contributed by atoms with van der Waals surface area (Å²) in [7, 11) is 0. The molecule has 136 valence electrons. The SMILES string of the molecule is NC(=S)c1ccc2[nH]cc(-c3cncn3CCOc3cccc(Cl)c3)c2c1. The molecule has 0 fully saturated rings. The van der Waals surface area contributed by atoms with E-state index in [-0.39, 0.29) is 0 Å². The topological polar surface area (TPSA) is 68.9 Å². The zero-order chi connectivity index (χ0) is 18.8. The van der Waals surface area contributed by atoms with Crippen LogP contribution in [0.3, 0.4) is 0 Å². The van der Waals surface area contributed by atoms with Crippen LogP contribution in [0, 0.1) is 0 Å². The van der Waals surface area contributed by atoms with Gasteiger partial charge in [0.05, 0.1) is 24.8 Å². The van der Waals surface area contributed by atoms with Crippen LogP contribution in [-0.4, -0.2) is 26.1 Å². The molecule has 2 heterocycles. The average molecular weight is 397 g/mol. The molecule has 2 aromatic carbocycles. The highest BCUT2D eigenvalue weighted by atomic mass is 35.5. The van der Waals surface area contributed by atoms with Crippen LogP contribution < -0.4 is 10.5 Å². The minimum Gasteiger partial charge on any atom is -0.492 e. The average Bonchev–Trinajstić information content (AvgIpc) is 3.27. The Morgan fingerprint density at radius 1 is 1.26 bits per heavy atom. The van der Waals surface area contributed by atoms with Crippen LogP contribution in [0.4, 0.5) is 0 Å². The fourth-order valence-electron chi connectivity index (χ4n) is 3.03. The maximum atomic E-state index is 5.99. The summed E-state index contributed by atoms with van der Waals surface area (Å²) in [5.74, 6) is 0.748. The number of H-pyrrole nitrogens is 1. The Morgan fingerprint density at radius 2 is 2.15 bits per heavy atom. The number of aromatic amines is 1. The number of benzene rings is 2. The molecule has 0 aliphatic heterocycles. The van der Waals surface area contributed by atoms with E-state index in [9.17, 15) is 0 Å². The van der Waals surface area contributed by atoms with Crippen molar-refractivity contribution in [1.29, 1.82) is 0 Å². The monoisotopic (exact) mass is 396 g/mol. The van der Waals surface area contributed by atoms with E-state index < -0.39 is 0 Å². The van der Waals surface area contributed by atoms with Gasteiger partial charge in [-0.05, 0) is 36.4 Å². The molecule has 0 saturated heterocycles. The van der Waals surface area contributed by atoms with Gasteiger partial charge in [0.25, 0.3) is 0 Å². The molecule has 4 rings (SSSR count). The predicted molar refractivity (Wildman–Crippen MR) is 112 cm³/mol. The number of nitrogens with two attached hydrogens (primary N) is 1. The molecule has 0 atom stereocenters. The third-order valence-corrected chi connectivity index (χ3v) is 4.82. The van der Waals surface area contributed by atoms with E-state index in [4.69, 9.17) is 34.3 Å². The van der Waals surface area contributed by atoms with Crippen LogP contribution in [0.5, 0.6) is 5.75 Å². The van der Waals surface area contributed by atoms with E-state index in [1.807, 2.05) is 48.8 Å². The first-order chi connectivity index (χ1) is 13.1. The van der Waals surface area contributed by atoms with E-state index in [1.54, 1.807) is 12.4 Å². The number of halogens is 1. The quantitative estimate of drug-likeness (QED) is 0.474. The molecule has 27 heavy (non-hydrogen) atoms. The molecule has 2 aromatic heterocycles. The second kappa shape index (κ2) is 7.42. The normalized spacial score (nSPS) is 11.0. The van der Waals surface area contributed by atoms with Crippen LogP contribution in [0.1, 0.15) is 5.56 Å². The molecule has 0 unspecified atom stereocenters. The van der Waals surface area contributed by atoms with Crippen LogP contribution in [0.15, 0.2) is 61.2 Å². The molecule has 0 radical (unpaired) electrons. The van der Waals surface area contributed by atoms with Crippen molar-refractivity contribution in [2.45, 2.75) is 6.54 Å². The van der Waals surface area contributed by atoms with Crippen molar-refractivity contribution < 1.29 is 4.74 Å². The summed E-state index contributed by atoms with van der Waals surface area (Å²) >= 11 is 11.1. The van der Waals surface area contributed by atoms with E-state index >= 15 is 0 Å². The minimum absolute atomic E-state index is 0.382. The molecule has 0 amide bonds. The number of imidazole rings is 1. The fourth-order valence-corrected chi connectivity index (χ4v) is 3.33. The van der Waals surface area contributed by atoms with Gasteiger partial charge in [-0.15, -0.1) is 0 Å². The van der Waals surface area contributed by atoms with Crippen molar-refractivity contribution in [3.63, 3.8) is 0 Å². The first kappa shape index (κ1) is 17.6. The molecule has 5 nitrogen and oxygen atoms in total. The van der Waals surface area contributed by atoms with E-state index in [2.05, 4.69) is 14.5 Å². The van der Waals surface area contributed by atoms with E-state index in [0.29, 0.717) is 23.2 Å². The molecule has 0 aliphatic carbocycles. The van der Waals surface area contributed by atoms with Gasteiger partial charge in [-0.25, -0.2) is 4.98 Å². The summed E-state index contributed by atoms with van der Waals surface area (Å²) in [4.78, 5) is 7.97. The summed E-state index contributed by atoms with van der Waals surface area (Å²) in [6, 6.07) is 13.3. The number of fused-ring (bicyclic) bond motifs is 1. The highest BCUT2D eigenvalue weighted by molar-refractivity contribution is 7.80. The number of hydrogen-bond acceptors (Lipinski definition) is 3. The van der Waals surface area contributed by atoms with Gasteiger partial charge >= 0.3 is 0 Å². The van der Waals surface area contributed by atoms with Gasteiger partial charge in [-0.2, -0.15) is 0 Å². The number of thiocarbonyl (C=S) groups is 1. The number of rotatable bonds is 6. The highest BCUT2D eigenvalue weighted by Crippen LogP contribution is 2.29. The predicted octanol–water partition coefficient (Wildman–Crippen LogP) is 4.40. The fraction of sp³-hybridized carbons (Fsp3) is 0.100. The Morgan fingerprint density at radius 3 is 2.96 bits per heavy atom. The lowest BCUT2D eigenvalue weighted by atomic mass is 10.1. The van der Waals surface area contributed by atoms with Crippen molar-refractivity contribution in [2.75, 3.05) is 6.61 Å². The van der Waals surface area contributed by atoms with Gasteiger partial charge in [-0.3, -0.25) is 0 Å². The second-order valence-electron chi connectivity index (χ2n) is 6.11. The molecular formula is C20H17ClN4OS. The largest absolute Gasteiger partial charge is 0.492 e. The lowest BCUT2D eigenvalue weighted by molar-refractivity contribution is 0.299. The summed E-state index contributed by atoms with van der Waals surface area (Å²) in [5.41, 5.74) is 9.69. The van der Waals surface area contributed by atoms with Gasteiger partial charge in [0, 0.05) is 33.2 Å². The maximum Gasteiger partial charge on any atom is 0.120 e. The number of ether oxygens (including phenoxy) is 1. The lowest BCUT2D eigenvalue weighted by Crippen LogP contribution is -2.09. The van der Waals surface area contributed by atoms with Crippen LogP contribution in [-0.2, 0) is 6.54 Å². The molecule has 4 aromatic rings. The number of nitrogens with one attached hydrogen (secondary N) is 1. The zero-order valence-electron chi connectivity index (χ0n) is 14.4. The Kier molecular flexibility index (Phi) is 4.83. The van der Waals surface area contributed by atoms with Gasteiger partial charge in [0.1, 0.15) is 17.3 Å². The third kappa shape index (κ3) is 3.67. The number of hydrogen-bond donors (Lipinski definition) is 2. The Balaban J connectivity index is 1.57. The number of nitrogens with zero attached hydrogens (tertiary/aromatic N) is 2. The molecule has 0 bridgehead atoms. The van der Waals surface area contributed by atoms with Crippen molar-refractivity contribution >= 4 is 39.7 Å². The second-order valence-corrected chi connectivity index (χ2v) is 6.98. The minimum atomic E-state index is 0.382. The zero-order valence-corrected chi connectivity index (χ0v) is 15.9. The van der Waals surface area contributed by atoms with E-state index in [1.165, 1.54) is 0 Å². The molecular weight excluding hydrogens is 380 g/mol. The Hall–Kier alpha value is -2.83. The summed E-state index contributed by atoms with van der Waals surface area (Å²) < 4.78 is 7.85. The van der Waals surface area contributed by atoms with Gasteiger partial charge in [-0.1, -0.05) is 29.9 Å². The van der Waals surface area contributed by atoms with Crippen molar-refractivity contribution in [3.05, 3.63) is 71.8 Å². The summed E-state index contributed by atoms with van der Waals surface area (Å²) in [6.07, 6.45) is 5.61. The molecule has 0 spiro atoms. The Bertz CT molecular complexity index is 1120. The molecule has 7 heteroatoms. The standard InChI is InChI=1S/C20H17ClN4OS/c21-14-2-1-3-15(9-14)26-7-6-25-12-23-11-19(25)17-10-24-18-5-4-13(20(22)27)8-16(17)18/h1-5,8-12,24H,6-7H2,(H2,22,27). The third-order valence-electron chi connectivity index (χ3n) is 4.35. The van der Waals surface area contributed by atoms with Crippen LogP contribution in [0.2, 0.25) is 5.02 Å². The molecule has 0 saturated carbocycles. The van der Waals surface area contributed by atoms with Crippen LogP contribution >= 0.6 is 23.8 Å². The maximum absolute atomic E-state index is 5.99. The van der Waals surface area contributed by atoms with E-state index in [0.717, 1.165) is 33.5 Å². The summed E-state index contributed by atoms with van der Waals surface area (Å²) in [5, 5.41) is 1.71. The summed E-state index contributed by atoms with van der Waals surface area (Å²) in [6.45, 7) is 1.16.